The van der Waals surface area contributed by atoms with Gasteiger partial charge in [-0.05, 0) is 69.9 Å². The number of benzene rings is 2. The molecule has 1 fully saturated rings. The molecule has 37 heavy (non-hydrogen) atoms. The maximum atomic E-state index is 13.5. The summed E-state index contributed by atoms with van der Waals surface area (Å²) in [6.45, 7) is 6.34. The number of hydrogen-bond acceptors (Lipinski definition) is 6. The van der Waals surface area contributed by atoms with Crippen molar-refractivity contribution in [3.8, 4) is 16.9 Å². The van der Waals surface area contributed by atoms with Crippen LogP contribution in [0.3, 0.4) is 0 Å². The van der Waals surface area contributed by atoms with Crippen molar-refractivity contribution >= 4 is 34.4 Å². The van der Waals surface area contributed by atoms with E-state index in [9.17, 15) is 18.8 Å². The van der Waals surface area contributed by atoms with Crippen molar-refractivity contribution in [1.82, 2.24) is 4.90 Å². The summed E-state index contributed by atoms with van der Waals surface area (Å²) in [5.74, 6) is -0.519. The maximum Gasteiger partial charge on any atom is 0.336 e. The minimum Gasteiger partial charge on any atom is -0.481 e. The Bertz CT molecular complexity index is 1370. The SMILES string of the molecule is CC(C)OC(=O)C[C@H]1CCCN(C(=O)[C@@H](C)Oc2ccc3c(-c4ccc(F)cc4Cl)cc(=O)oc3c2)C1. The van der Waals surface area contributed by atoms with Crippen molar-refractivity contribution in [2.24, 2.45) is 5.92 Å². The molecule has 1 saturated heterocycles. The van der Waals surface area contributed by atoms with Crippen LogP contribution in [0.5, 0.6) is 5.75 Å². The Morgan fingerprint density at radius 1 is 1.14 bits per heavy atom. The van der Waals surface area contributed by atoms with Gasteiger partial charge in [0.2, 0.25) is 0 Å². The van der Waals surface area contributed by atoms with Crippen LogP contribution in [-0.2, 0) is 14.3 Å². The molecule has 0 bridgehead atoms. The molecule has 0 aliphatic carbocycles. The molecule has 0 spiro atoms. The Kier molecular flexibility index (Phi) is 8.17. The first-order chi connectivity index (χ1) is 17.6. The van der Waals surface area contributed by atoms with Crippen LogP contribution in [0.1, 0.15) is 40.0 Å². The Labute approximate surface area is 219 Å². The van der Waals surface area contributed by atoms with E-state index >= 15 is 0 Å². The van der Waals surface area contributed by atoms with Gasteiger partial charge in [-0.3, -0.25) is 9.59 Å². The van der Waals surface area contributed by atoms with Gasteiger partial charge >= 0.3 is 11.6 Å². The Morgan fingerprint density at radius 2 is 1.92 bits per heavy atom. The second-order valence-electron chi connectivity index (χ2n) is 9.56. The van der Waals surface area contributed by atoms with Gasteiger partial charge in [0.1, 0.15) is 17.1 Å². The number of ether oxygens (including phenoxy) is 2. The van der Waals surface area contributed by atoms with E-state index in [1.54, 1.807) is 30.0 Å². The Morgan fingerprint density at radius 3 is 2.65 bits per heavy atom. The number of likely N-dealkylation sites (tertiary alicyclic amines) is 1. The number of hydrogen-bond donors (Lipinski definition) is 0. The van der Waals surface area contributed by atoms with Gasteiger partial charge in [0, 0.05) is 41.7 Å². The summed E-state index contributed by atoms with van der Waals surface area (Å²) in [5, 5.41) is 0.760. The minimum atomic E-state index is -0.791. The lowest BCUT2D eigenvalue weighted by Crippen LogP contribution is -2.46. The average molecular weight is 530 g/mol. The number of nitrogens with zero attached hydrogens (tertiary/aromatic N) is 1. The lowest BCUT2D eigenvalue weighted by Gasteiger charge is -2.34. The summed E-state index contributed by atoms with van der Waals surface area (Å²) < 4.78 is 30.0. The van der Waals surface area contributed by atoms with Gasteiger partial charge in [0.25, 0.3) is 5.91 Å². The number of piperidine rings is 1. The highest BCUT2D eigenvalue weighted by Crippen LogP contribution is 2.34. The molecule has 196 valence electrons. The molecule has 7 nitrogen and oxygen atoms in total. The Hall–Kier alpha value is -3.39. The van der Waals surface area contributed by atoms with E-state index in [1.165, 1.54) is 24.3 Å². The monoisotopic (exact) mass is 529 g/mol. The third-order valence-corrected chi connectivity index (χ3v) is 6.56. The first-order valence-electron chi connectivity index (χ1n) is 12.3. The number of carbonyl (C=O) groups excluding carboxylic acids is 2. The van der Waals surface area contributed by atoms with Crippen LogP contribution in [0.15, 0.2) is 51.7 Å². The van der Waals surface area contributed by atoms with Crippen molar-refractivity contribution in [2.45, 2.75) is 52.2 Å². The summed E-state index contributed by atoms with van der Waals surface area (Å²) in [5.41, 5.74) is 0.652. The summed E-state index contributed by atoms with van der Waals surface area (Å²) in [6.07, 6.45) is 0.976. The average Bonchev–Trinajstić information content (AvgIpc) is 2.82. The molecule has 1 aromatic heterocycles. The Balaban J connectivity index is 1.48. The van der Waals surface area contributed by atoms with Crippen molar-refractivity contribution in [2.75, 3.05) is 13.1 Å². The fourth-order valence-electron chi connectivity index (χ4n) is 4.64. The van der Waals surface area contributed by atoms with Gasteiger partial charge in [-0.2, -0.15) is 0 Å². The zero-order chi connectivity index (χ0) is 26.7. The third-order valence-electron chi connectivity index (χ3n) is 6.25. The largest absolute Gasteiger partial charge is 0.481 e. The van der Waals surface area contributed by atoms with E-state index in [1.807, 2.05) is 13.8 Å². The van der Waals surface area contributed by atoms with Crippen LogP contribution in [-0.4, -0.2) is 42.1 Å². The van der Waals surface area contributed by atoms with E-state index in [-0.39, 0.29) is 40.9 Å². The number of rotatable bonds is 7. The van der Waals surface area contributed by atoms with Gasteiger partial charge in [0.15, 0.2) is 6.10 Å². The molecule has 9 heteroatoms. The topological polar surface area (TPSA) is 86.0 Å². The van der Waals surface area contributed by atoms with Crippen LogP contribution >= 0.6 is 11.6 Å². The van der Waals surface area contributed by atoms with E-state index in [0.29, 0.717) is 35.4 Å². The van der Waals surface area contributed by atoms with E-state index < -0.39 is 17.5 Å². The first kappa shape index (κ1) is 26.7. The highest BCUT2D eigenvalue weighted by Gasteiger charge is 2.29. The van der Waals surface area contributed by atoms with Crippen LogP contribution < -0.4 is 10.4 Å². The minimum absolute atomic E-state index is 0.0443. The number of esters is 1. The highest BCUT2D eigenvalue weighted by molar-refractivity contribution is 6.33. The smallest absolute Gasteiger partial charge is 0.336 e. The molecular weight excluding hydrogens is 501 g/mol. The second-order valence-corrected chi connectivity index (χ2v) is 9.96. The summed E-state index contributed by atoms with van der Waals surface area (Å²) in [7, 11) is 0. The van der Waals surface area contributed by atoms with Crippen LogP contribution in [0, 0.1) is 11.7 Å². The molecule has 1 aliphatic rings. The molecule has 1 aliphatic heterocycles. The van der Waals surface area contributed by atoms with Gasteiger partial charge in [-0.25, -0.2) is 9.18 Å². The van der Waals surface area contributed by atoms with Crippen molar-refractivity contribution in [1.29, 1.82) is 0 Å². The maximum absolute atomic E-state index is 13.5. The molecular formula is C28H29ClFNO6. The molecule has 0 radical (unpaired) electrons. The molecule has 2 heterocycles. The number of fused-ring (bicyclic) bond motifs is 1. The predicted octanol–water partition coefficient (Wildman–Crippen LogP) is 5.60. The van der Waals surface area contributed by atoms with Gasteiger partial charge in [-0.1, -0.05) is 11.6 Å². The molecule has 3 aromatic rings. The molecule has 2 aromatic carbocycles. The van der Waals surface area contributed by atoms with Crippen LogP contribution in [0.2, 0.25) is 5.02 Å². The van der Waals surface area contributed by atoms with Crippen LogP contribution in [0.25, 0.3) is 22.1 Å². The van der Waals surface area contributed by atoms with Crippen molar-refractivity contribution < 1.29 is 27.9 Å². The zero-order valence-corrected chi connectivity index (χ0v) is 21.7. The lowest BCUT2D eigenvalue weighted by molar-refractivity contribution is -0.150. The summed E-state index contributed by atoms with van der Waals surface area (Å²) in [6, 6.07) is 10.2. The standard InChI is InChI=1S/C28H29ClFNO6/c1-16(2)35-26(32)11-18-5-4-10-31(15-18)28(34)17(3)36-20-7-9-22-23(14-27(33)37-25(22)13-20)21-8-6-19(30)12-24(21)29/h6-9,12-14,16-18H,4-5,10-11,15H2,1-3H3/t17-,18-/m1/s1. The fraction of sp³-hybridized carbons (Fsp3) is 0.393. The van der Waals surface area contributed by atoms with Crippen molar-refractivity contribution in [3.63, 3.8) is 0 Å². The molecule has 0 saturated carbocycles. The molecule has 1 amide bonds. The molecule has 4 rings (SSSR count). The predicted molar refractivity (Wildman–Crippen MR) is 138 cm³/mol. The first-order valence-corrected chi connectivity index (χ1v) is 12.7. The van der Waals surface area contributed by atoms with Gasteiger partial charge in [-0.15, -0.1) is 0 Å². The van der Waals surface area contributed by atoms with E-state index in [2.05, 4.69) is 0 Å². The second kappa shape index (κ2) is 11.3. The summed E-state index contributed by atoms with van der Waals surface area (Å²) >= 11 is 6.22. The van der Waals surface area contributed by atoms with Crippen LogP contribution in [0.4, 0.5) is 4.39 Å². The summed E-state index contributed by atoms with van der Waals surface area (Å²) in [4.78, 5) is 39.1. The van der Waals surface area contributed by atoms with E-state index in [4.69, 9.17) is 25.5 Å². The third kappa shape index (κ3) is 6.49. The fourth-order valence-corrected chi connectivity index (χ4v) is 4.91. The van der Waals surface area contributed by atoms with Gasteiger partial charge in [0.05, 0.1) is 17.5 Å². The number of amides is 1. The molecule has 2 atom stereocenters. The lowest BCUT2D eigenvalue weighted by atomic mass is 9.94. The van der Waals surface area contributed by atoms with Crippen molar-refractivity contribution in [3.05, 3.63) is 63.7 Å². The number of halogens is 2. The van der Waals surface area contributed by atoms with Gasteiger partial charge < -0.3 is 18.8 Å². The molecule has 0 unspecified atom stereocenters. The normalized spacial score (nSPS) is 16.6. The van der Waals surface area contributed by atoms with E-state index in [0.717, 1.165) is 12.8 Å². The number of carbonyl (C=O) groups is 2. The molecule has 0 N–H and O–H groups in total. The quantitative estimate of drug-likeness (QED) is 0.292. The highest BCUT2D eigenvalue weighted by atomic mass is 35.5. The zero-order valence-electron chi connectivity index (χ0n) is 21.0.